The van der Waals surface area contributed by atoms with Crippen molar-refractivity contribution >= 4 is 16.0 Å². The second-order valence-corrected chi connectivity index (χ2v) is 3.91. The van der Waals surface area contributed by atoms with Crippen molar-refractivity contribution in [2.24, 2.45) is 5.84 Å². The van der Waals surface area contributed by atoms with Gasteiger partial charge in [0.1, 0.15) is 0 Å². The Morgan fingerprint density at radius 1 is 1.33 bits per heavy atom. The first kappa shape index (κ1) is 13.6. The molecule has 0 saturated carbocycles. The van der Waals surface area contributed by atoms with E-state index in [1.165, 1.54) is 19.1 Å². The van der Waals surface area contributed by atoms with E-state index in [0.717, 1.165) is 0 Å². The molecule has 0 aliphatic carbocycles. The molecule has 0 bridgehead atoms. The van der Waals surface area contributed by atoms with Gasteiger partial charge in [0.15, 0.2) is 0 Å². The number of hydrogen-bond acceptors (Lipinski definition) is 4. The smallest absolute Gasteiger partial charge is 0.294 e. The van der Waals surface area contributed by atoms with Crippen LogP contribution in [0.15, 0.2) is 35.2 Å². The van der Waals surface area contributed by atoms with Crippen LogP contribution < -0.4 is 11.3 Å². The molecule has 0 aliphatic heterocycles. The summed E-state index contributed by atoms with van der Waals surface area (Å²) in [6, 6.07) is 7.42. The molecule has 0 aliphatic rings. The first-order chi connectivity index (χ1) is 6.88. The largest absolute Gasteiger partial charge is 0.295 e. The molecule has 1 aromatic carbocycles. The molecule has 7 heteroatoms. The topological polar surface area (TPSA) is 109 Å². The number of hydrogen-bond donors (Lipinski definition) is 3. The van der Waals surface area contributed by atoms with Gasteiger partial charge in [0.25, 0.3) is 10.1 Å². The summed E-state index contributed by atoms with van der Waals surface area (Å²) < 4.78 is 29.2. The highest BCUT2D eigenvalue weighted by Crippen LogP contribution is 2.05. The average molecular weight is 232 g/mol. The highest BCUT2D eigenvalue weighted by molar-refractivity contribution is 7.85. The Kier molecular flexibility index (Phi) is 5.53. The fourth-order valence-corrected chi connectivity index (χ4v) is 1.09. The maximum absolute atomic E-state index is 10.4. The highest BCUT2D eigenvalue weighted by atomic mass is 32.2. The van der Waals surface area contributed by atoms with E-state index >= 15 is 0 Å². The summed E-state index contributed by atoms with van der Waals surface area (Å²) >= 11 is 0. The molecule has 15 heavy (non-hydrogen) atoms. The van der Waals surface area contributed by atoms with E-state index in [-0.39, 0.29) is 10.8 Å². The van der Waals surface area contributed by atoms with Crippen LogP contribution in [0.25, 0.3) is 0 Å². The molecule has 4 N–H and O–H groups in total. The van der Waals surface area contributed by atoms with Crippen LogP contribution in [0.2, 0.25) is 0 Å². The zero-order valence-electron chi connectivity index (χ0n) is 8.04. The van der Waals surface area contributed by atoms with Crippen molar-refractivity contribution in [3.8, 4) is 0 Å². The van der Waals surface area contributed by atoms with E-state index in [0.29, 0.717) is 0 Å². The number of carbonyl (C=O) groups excluding carboxylic acids is 1. The zero-order valence-corrected chi connectivity index (χ0v) is 8.86. The number of amides is 1. The summed E-state index contributed by atoms with van der Waals surface area (Å²) in [7, 11) is -4.00. The Hall–Kier alpha value is -1.44. The lowest BCUT2D eigenvalue weighted by Gasteiger charge is -1.92. The van der Waals surface area contributed by atoms with Gasteiger partial charge < -0.3 is 0 Å². The van der Waals surface area contributed by atoms with Gasteiger partial charge in [0.2, 0.25) is 5.91 Å². The number of benzene rings is 1. The van der Waals surface area contributed by atoms with E-state index in [4.69, 9.17) is 4.55 Å². The molecule has 0 atom stereocenters. The molecule has 1 rings (SSSR count). The lowest BCUT2D eigenvalue weighted by molar-refractivity contribution is -0.119. The lowest BCUT2D eigenvalue weighted by atomic mass is 10.4. The number of carbonyl (C=O) groups is 1. The van der Waals surface area contributed by atoms with Gasteiger partial charge in [0, 0.05) is 6.92 Å². The second-order valence-electron chi connectivity index (χ2n) is 2.49. The van der Waals surface area contributed by atoms with Gasteiger partial charge in [-0.3, -0.25) is 14.8 Å². The summed E-state index contributed by atoms with van der Waals surface area (Å²) in [6.07, 6.45) is 0. The molecule has 0 unspecified atom stereocenters. The third-order valence-corrected chi connectivity index (χ3v) is 2.11. The van der Waals surface area contributed by atoms with Gasteiger partial charge in [-0.15, -0.1) is 0 Å². The minimum atomic E-state index is -4.00. The fraction of sp³-hybridized carbons (Fsp3) is 0.125. The minimum absolute atomic E-state index is 0.0741. The average Bonchev–Trinajstić information content (AvgIpc) is 2.19. The van der Waals surface area contributed by atoms with Crippen LogP contribution in [0, 0.1) is 0 Å². The Labute approximate surface area is 87.8 Å². The summed E-state index contributed by atoms with van der Waals surface area (Å²) in [6.45, 7) is 1.35. The molecule has 0 fully saturated rings. The SMILES string of the molecule is CC(=O)NN.O=S(=O)(O)c1ccccc1. The van der Waals surface area contributed by atoms with Crippen LogP contribution >= 0.6 is 0 Å². The number of rotatable bonds is 1. The lowest BCUT2D eigenvalue weighted by Crippen LogP contribution is -2.26. The van der Waals surface area contributed by atoms with Gasteiger partial charge in [-0.05, 0) is 12.1 Å². The van der Waals surface area contributed by atoms with Crippen LogP contribution in [0.4, 0.5) is 0 Å². The maximum atomic E-state index is 10.4. The summed E-state index contributed by atoms with van der Waals surface area (Å²) in [5.41, 5.74) is 1.89. The van der Waals surface area contributed by atoms with E-state index in [1.807, 2.05) is 5.43 Å². The molecule has 0 saturated heterocycles. The predicted octanol–water partition coefficient (Wildman–Crippen LogP) is -0.0705. The standard InChI is InChI=1S/C6H6O3S.C2H6N2O/c7-10(8,9)6-4-2-1-3-5-6;1-2(5)4-3/h1-5H,(H,7,8,9);3H2,1H3,(H,4,5). The van der Waals surface area contributed by atoms with Crippen molar-refractivity contribution in [1.29, 1.82) is 0 Å². The van der Waals surface area contributed by atoms with E-state index in [2.05, 4.69) is 5.84 Å². The molecule has 1 amide bonds. The Balaban J connectivity index is 0.000000336. The van der Waals surface area contributed by atoms with Crippen molar-refractivity contribution in [2.75, 3.05) is 0 Å². The highest BCUT2D eigenvalue weighted by Gasteiger charge is 2.05. The van der Waals surface area contributed by atoms with Crippen LogP contribution in [0.5, 0.6) is 0 Å². The van der Waals surface area contributed by atoms with Crippen molar-refractivity contribution in [1.82, 2.24) is 5.43 Å². The summed E-state index contributed by atoms with van der Waals surface area (Å²) in [5.74, 6) is 4.35. The molecule has 0 radical (unpaired) electrons. The Morgan fingerprint density at radius 3 is 1.93 bits per heavy atom. The first-order valence-electron chi connectivity index (χ1n) is 3.87. The monoisotopic (exact) mass is 232 g/mol. The van der Waals surface area contributed by atoms with Gasteiger partial charge in [-0.2, -0.15) is 8.42 Å². The molecular weight excluding hydrogens is 220 g/mol. The van der Waals surface area contributed by atoms with Crippen LogP contribution in [-0.2, 0) is 14.9 Å². The van der Waals surface area contributed by atoms with E-state index in [9.17, 15) is 13.2 Å². The first-order valence-corrected chi connectivity index (χ1v) is 5.31. The van der Waals surface area contributed by atoms with Gasteiger partial charge in [0.05, 0.1) is 4.90 Å². The molecular formula is C8H12N2O4S. The van der Waals surface area contributed by atoms with Crippen LogP contribution in [-0.4, -0.2) is 18.9 Å². The zero-order chi connectivity index (χ0) is 11.9. The molecule has 0 aromatic heterocycles. The van der Waals surface area contributed by atoms with E-state index < -0.39 is 10.1 Å². The number of nitrogens with one attached hydrogen (secondary N) is 1. The van der Waals surface area contributed by atoms with Crippen molar-refractivity contribution in [2.45, 2.75) is 11.8 Å². The molecule has 84 valence electrons. The van der Waals surface area contributed by atoms with Gasteiger partial charge in [-0.1, -0.05) is 18.2 Å². The van der Waals surface area contributed by atoms with Crippen LogP contribution in [0.3, 0.4) is 0 Å². The van der Waals surface area contributed by atoms with Crippen molar-refractivity contribution in [3.63, 3.8) is 0 Å². The van der Waals surface area contributed by atoms with Crippen molar-refractivity contribution in [3.05, 3.63) is 30.3 Å². The van der Waals surface area contributed by atoms with Crippen molar-refractivity contribution < 1.29 is 17.8 Å². The van der Waals surface area contributed by atoms with Gasteiger partial charge >= 0.3 is 0 Å². The Morgan fingerprint density at radius 2 is 1.73 bits per heavy atom. The minimum Gasteiger partial charge on any atom is -0.295 e. The van der Waals surface area contributed by atoms with E-state index in [1.54, 1.807) is 18.2 Å². The number of hydrazine groups is 1. The maximum Gasteiger partial charge on any atom is 0.294 e. The molecule has 0 spiro atoms. The number of nitrogens with two attached hydrogens (primary N) is 1. The predicted molar refractivity (Wildman–Crippen MR) is 54.3 cm³/mol. The molecule has 1 aromatic rings. The molecule has 0 heterocycles. The van der Waals surface area contributed by atoms with Gasteiger partial charge in [-0.25, -0.2) is 5.84 Å². The Bertz CT molecular complexity index is 402. The fourth-order valence-electron chi connectivity index (χ4n) is 0.592. The third-order valence-electron chi connectivity index (χ3n) is 1.24. The third kappa shape index (κ3) is 6.61. The summed E-state index contributed by atoms with van der Waals surface area (Å²) in [4.78, 5) is 9.50. The second kappa shape index (κ2) is 6.12. The molecule has 6 nitrogen and oxygen atoms in total. The quantitative estimate of drug-likeness (QED) is 0.272. The summed E-state index contributed by atoms with van der Waals surface area (Å²) in [5, 5.41) is 0. The van der Waals surface area contributed by atoms with Crippen LogP contribution in [0.1, 0.15) is 6.92 Å². The normalized spacial score (nSPS) is 9.80.